The summed E-state index contributed by atoms with van der Waals surface area (Å²) in [6.45, 7) is 2.36. The third kappa shape index (κ3) is 7.47. The molecule has 3 aliphatic rings. The number of carbonyl (C=O) groups is 3. The van der Waals surface area contributed by atoms with Crippen molar-refractivity contribution in [1.82, 2.24) is 20.9 Å². The van der Waals surface area contributed by atoms with Crippen LogP contribution >= 0.6 is 0 Å². The van der Waals surface area contributed by atoms with E-state index in [1.165, 1.54) is 51.4 Å². The number of nitrogens with zero attached hydrogens (tertiary/aromatic N) is 1. The van der Waals surface area contributed by atoms with Crippen LogP contribution in [-0.4, -0.2) is 55.0 Å². The Morgan fingerprint density at radius 1 is 0.733 bits per heavy atom. The van der Waals surface area contributed by atoms with Gasteiger partial charge in [0, 0.05) is 44.6 Å². The van der Waals surface area contributed by atoms with Crippen LogP contribution in [0, 0.1) is 11.8 Å². The summed E-state index contributed by atoms with van der Waals surface area (Å²) in [5.74, 6) is 1.17. The third-order valence-corrected chi connectivity index (χ3v) is 7.03. The maximum atomic E-state index is 12.6. The topological polar surface area (TPSA) is 90.5 Å². The van der Waals surface area contributed by atoms with Crippen molar-refractivity contribution in [2.24, 2.45) is 11.8 Å². The SMILES string of the molecule is O=C(CC1CCCCC1)NCCNC(=O)NC1CCN(C(=O)C2CCCCC2)CC1. The van der Waals surface area contributed by atoms with Gasteiger partial charge in [-0.25, -0.2) is 4.79 Å². The quantitative estimate of drug-likeness (QED) is 0.553. The van der Waals surface area contributed by atoms with E-state index in [4.69, 9.17) is 0 Å². The first-order valence-corrected chi connectivity index (χ1v) is 12.2. The molecule has 3 rings (SSSR count). The summed E-state index contributed by atoms with van der Waals surface area (Å²) in [7, 11) is 0. The number of hydrogen-bond acceptors (Lipinski definition) is 3. The van der Waals surface area contributed by atoms with Gasteiger partial charge in [0.15, 0.2) is 0 Å². The summed E-state index contributed by atoms with van der Waals surface area (Å²) >= 11 is 0. The van der Waals surface area contributed by atoms with E-state index in [-0.39, 0.29) is 23.9 Å². The predicted octanol–water partition coefficient (Wildman–Crippen LogP) is 2.94. The van der Waals surface area contributed by atoms with Crippen molar-refractivity contribution in [3.63, 3.8) is 0 Å². The Hall–Kier alpha value is -1.79. The van der Waals surface area contributed by atoms with E-state index in [1.807, 2.05) is 4.90 Å². The molecule has 0 unspecified atom stereocenters. The number of amides is 4. The van der Waals surface area contributed by atoms with E-state index in [0.717, 1.165) is 38.8 Å². The zero-order valence-corrected chi connectivity index (χ0v) is 18.4. The number of piperidine rings is 1. The van der Waals surface area contributed by atoms with E-state index >= 15 is 0 Å². The molecule has 7 nitrogen and oxygen atoms in total. The molecule has 30 heavy (non-hydrogen) atoms. The highest BCUT2D eigenvalue weighted by molar-refractivity contribution is 5.79. The number of urea groups is 1. The number of carbonyl (C=O) groups excluding carboxylic acids is 3. The van der Waals surface area contributed by atoms with Crippen molar-refractivity contribution in [2.75, 3.05) is 26.2 Å². The summed E-state index contributed by atoms with van der Waals surface area (Å²) in [6, 6.07) is -0.0742. The maximum absolute atomic E-state index is 12.6. The van der Waals surface area contributed by atoms with E-state index in [1.54, 1.807) is 0 Å². The number of rotatable bonds is 7. The second-order valence-electron chi connectivity index (χ2n) is 9.39. The highest BCUT2D eigenvalue weighted by atomic mass is 16.2. The van der Waals surface area contributed by atoms with Gasteiger partial charge in [-0.15, -0.1) is 0 Å². The molecule has 0 spiro atoms. The molecule has 7 heteroatoms. The Balaban J connectivity index is 1.23. The first-order chi connectivity index (χ1) is 14.6. The van der Waals surface area contributed by atoms with Gasteiger partial charge in [0.25, 0.3) is 0 Å². The standard InChI is InChI=1S/C23H40N4O3/c28-21(17-18-7-3-1-4-8-18)24-13-14-25-23(30)26-20-11-15-27(16-12-20)22(29)19-9-5-2-6-10-19/h18-20H,1-17H2,(H,24,28)(H2,25,26,30). The van der Waals surface area contributed by atoms with Crippen molar-refractivity contribution >= 4 is 17.8 Å². The van der Waals surface area contributed by atoms with Gasteiger partial charge in [0.05, 0.1) is 0 Å². The molecular weight excluding hydrogens is 380 g/mol. The second-order valence-corrected chi connectivity index (χ2v) is 9.39. The van der Waals surface area contributed by atoms with E-state index in [9.17, 15) is 14.4 Å². The smallest absolute Gasteiger partial charge is 0.315 e. The van der Waals surface area contributed by atoms with Gasteiger partial charge in [0.1, 0.15) is 0 Å². The molecule has 3 fully saturated rings. The molecule has 0 atom stereocenters. The normalized spacial score (nSPS) is 21.8. The Bertz CT molecular complexity index is 563. The lowest BCUT2D eigenvalue weighted by molar-refractivity contribution is -0.137. The van der Waals surface area contributed by atoms with Crippen LogP contribution in [0.15, 0.2) is 0 Å². The molecule has 3 N–H and O–H groups in total. The van der Waals surface area contributed by atoms with Crippen molar-refractivity contribution in [3.8, 4) is 0 Å². The lowest BCUT2D eigenvalue weighted by Gasteiger charge is -2.35. The maximum Gasteiger partial charge on any atom is 0.315 e. The minimum absolute atomic E-state index is 0.0964. The van der Waals surface area contributed by atoms with Gasteiger partial charge < -0.3 is 20.9 Å². The predicted molar refractivity (Wildman–Crippen MR) is 117 cm³/mol. The van der Waals surface area contributed by atoms with E-state index in [2.05, 4.69) is 16.0 Å². The summed E-state index contributed by atoms with van der Waals surface area (Å²) < 4.78 is 0. The molecule has 170 valence electrons. The first kappa shape index (κ1) is 22.9. The van der Waals surface area contributed by atoms with Crippen LogP contribution in [-0.2, 0) is 9.59 Å². The highest BCUT2D eigenvalue weighted by Crippen LogP contribution is 2.27. The van der Waals surface area contributed by atoms with Gasteiger partial charge in [0.2, 0.25) is 11.8 Å². The zero-order chi connectivity index (χ0) is 21.2. The third-order valence-electron chi connectivity index (χ3n) is 7.03. The van der Waals surface area contributed by atoms with Gasteiger partial charge >= 0.3 is 6.03 Å². The van der Waals surface area contributed by atoms with Crippen LogP contribution in [0.25, 0.3) is 0 Å². The first-order valence-electron chi connectivity index (χ1n) is 12.2. The van der Waals surface area contributed by atoms with Crippen LogP contribution in [0.1, 0.15) is 83.5 Å². The van der Waals surface area contributed by atoms with Crippen molar-refractivity contribution in [2.45, 2.75) is 89.5 Å². The minimum Gasteiger partial charge on any atom is -0.354 e. The van der Waals surface area contributed by atoms with Crippen molar-refractivity contribution in [3.05, 3.63) is 0 Å². The fraction of sp³-hybridized carbons (Fsp3) is 0.870. The average molecular weight is 421 g/mol. The molecule has 1 saturated heterocycles. The monoisotopic (exact) mass is 420 g/mol. The molecule has 4 amide bonds. The van der Waals surface area contributed by atoms with E-state index in [0.29, 0.717) is 31.3 Å². The largest absolute Gasteiger partial charge is 0.354 e. The molecule has 1 heterocycles. The van der Waals surface area contributed by atoms with Crippen molar-refractivity contribution < 1.29 is 14.4 Å². The van der Waals surface area contributed by atoms with Gasteiger partial charge in [-0.1, -0.05) is 38.5 Å². The van der Waals surface area contributed by atoms with Crippen LogP contribution in [0.3, 0.4) is 0 Å². The lowest BCUT2D eigenvalue weighted by atomic mass is 9.87. The van der Waals surface area contributed by atoms with Crippen LogP contribution in [0.4, 0.5) is 4.79 Å². The van der Waals surface area contributed by atoms with Gasteiger partial charge in [-0.3, -0.25) is 9.59 Å². The molecule has 2 saturated carbocycles. The Morgan fingerprint density at radius 2 is 1.33 bits per heavy atom. The molecule has 2 aliphatic carbocycles. The van der Waals surface area contributed by atoms with Crippen LogP contribution < -0.4 is 16.0 Å². The summed E-state index contributed by atoms with van der Waals surface area (Å²) in [6.07, 6.45) is 14.0. The van der Waals surface area contributed by atoms with Crippen LogP contribution in [0.2, 0.25) is 0 Å². The Labute approximate surface area is 181 Å². The van der Waals surface area contributed by atoms with E-state index < -0.39 is 0 Å². The fourth-order valence-electron chi connectivity index (χ4n) is 5.19. The molecule has 0 aromatic rings. The molecule has 0 radical (unpaired) electrons. The lowest BCUT2D eigenvalue weighted by Crippen LogP contribution is -2.50. The number of nitrogens with one attached hydrogen (secondary N) is 3. The van der Waals surface area contributed by atoms with Gasteiger partial charge in [-0.05, 0) is 44.4 Å². The molecule has 0 aromatic carbocycles. The number of likely N-dealkylation sites (tertiary alicyclic amines) is 1. The summed E-state index contributed by atoms with van der Waals surface area (Å²) in [5.41, 5.74) is 0. The van der Waals surface area contributed by atoms with Gasteiger partial charge in [-0.2, -0.15) is 0 Å². The van der Waals surface area contributed by atoms with Crippen molar-refractivity contribution in [1.29, 1.82) is 0 Å². The fourth-order valence-corrected chi connectivity index (χ4v) is 5.19. The zero-order valence-electron chi connectivity index (χ0n) is 18.4. The Kier molecular flexibility index (Phi) is 9.27. The number of hydrogen-bond donors (Lipinski definition) is 3. The average Bonchev–Trinajstić information content (AvgIpc) is 2.78. The minimum atomic E-state index is -0.186. The summed E-state index contributed by atoms with van der Waals surface area (Å²) in [4.78, 5) is 38.7. The second kappa shape index (κ2) is 12.2. The Morgan fingerprint density at radius 3 is 2.00 bits per heavy atom. The molecular formula is C23H40N4O3. The molecule has 0 aromatic heterocycles. The molecule has 0 bridgehead atoms. The summed E-state index contributed by atoms with van der Waals surface area (Å²) in [5, 5.41) is 8.75. The highest BCUT2D eigenvalue weighted by Gasteiger charge is 2.29. The van der Waals surface area contributed by atoms with Crippen LogP contribution in [0.5, 0.6) is 0 Å². The molecule has 1 aliphatic heterocycles.